The Kier molecular flexibility index (Phi) is 2.74. The van der Waals surface area contributed by atoms with Gasteiger partial charge in [0.05, 0.1) is 5.52 Å². The lowest BCUT2D eigenvalue weighted by Gasteiger charge is -2.08. The molecule has 0 N–H and O–H groups in total. The molecule has 0 bridgehead atoms. The molecule has 0 saturated carbocycles. The molecule has 0 spiro atoms. The molecule has 19 heavy (non-hydrogen) atoms. The molecule has 0 radical (unpaired) electrons. The van der Waals surface area contributed by atoms with Crippen molar-refractivity contribution in [2.24, 2.45) is 7.05 Å². The van der Waals surface area contributed by atoms with Crippen molar-refractivity contribution in [3.8, 4) is 5.95 Å². The third-order valence-corrected chi connectivity index (χ3v) is 4.01. The fourth-order valence-corrected chi connectivity index (χ4v) is 3.00. The predicted molar refractivity (Wildman–Crippen MR) is 77.2 cm³/mol. The van der Waals surface area contributed by atoms with E-state index in [1.165, 1.54) is 6.07 Å². The molecule has 1 aromatic carbocycles. The van der Waals surface area contributed by atoms with Crippen LogP contribution in [0.4, 0.5) is 4.39 Å². The SMILES string of the molecule is Cc1ccc(C)n1-c1nc2c(F)ccc(Br)c2n1C. The molecule has 0 atom stereocenters. The lowest BCUT2D eigenvalue weighted by molar-refractivity contribution is 0.637. The van der Waals surface area contributed by atoms with Crippen molar-refractivity contribution in [2.45, 2.75) is 13.8 Å². The van der Waals surface area contributed by atoms with E-state index in [0.29, 0.717) is 5.52 Å². The standard InChI is InChI=1S/C14H13BrFN3/c1-8-4-5-9(2)19(8)14-17-12-11(16)7-6-10(15)13(12)18(14)3/h4-7H,1-3H3. The molecule has 0 unspecified atom stereocenters. The number of rotatable bonds is 1. The smallest absolute Gasteiger partial charge is 0.215 e. The lowest BCUT2D eigenvalue weighted by Crippen LogP contribution is -2.06. The van der Waals surface area contributed by atoms with E-state index in [4.69, 9.17) is 0 Å². The van der Waals surface area contributed by atoms with Gasteiger partial charge in [-0.2, -0.15) is 0 Å². The summed E-state index contributed by atoms with van der Waals surface area (Å²) in [5.74, 6) is 0.420. The average Bonchev–Trinajstić information content (AvgIpc) is 2.87. The van der Waals surface area contributed by atoms with Gasteiger partial charge in [-0.25, -0.2) is 9.37 Å². The van der Waals surface area contributed by atoms with Crippen LogP contribution < -0.4 is 0 Å². The average molecular weight is 322 g/mol. The van der Waals surface area contributed by atoms with E-state index < -0.39 is 0 Å². The number of hydrogen-bond donors (Lipinski definition) is 0. The third-order valence-electron chi connectivity index (χ3n) is 3.37. The number of hydrogen-bond acceptors (Lipinski definition) is 1. The molecule has 3 nitrogen and oxygen atoms in total. The Bertz CT molecular complexity index is 766. The minimum Gasteiger partial charge on any atom is -0.312 e. The zero-order chi connectivity index (χ0) is 13.7. The third kappa shape index (κ3) is 1.72. The highest BCUT2D eigenvalue weighted by atomic mass is 79.9. The van der Waals surface area contributed by atoms with Crippen molar-refractivity contribution in [1.82, 2.24) is 14.1 Å². The largest absolute Gasteiger partial charge is 0.312 e. The quantitative estimate of drug-likeness (QED) is 0.667. The Hall–Kier alpha value is -1.62. The van der Waals surface area contributed by atoms with Gasteiger partial charge < -0.3 is 4.57 Å². The number of aryl methyl sites for hydroxylation is 3. The van der Waals surface area contributed by atoms with Crippen LogP contribution in [0.2, 0.25) is 0 Å². The van der Waals surface area contributed by atoms with E-state index in [-0.39, 0.29) is 5.82 Å². The predicted octanol–water partition coefficient (Wildman–Crippen LogP) is 3.88. The van der Waals surface area contributed by atoms with Crippen LogP contribution in [0.1, 0.15) is 11.4 Å². The van der Waals surface area contributed by atoms with E-state index in [1.807, 2.05) is 42.2 Å². The molecule has 2 aromatic heterocycles. The highest BCUT2D eigenvalue weighted by molar-refractivity contribution is 9.10. The first-order chi connectivity index (χ1) is 9.00. The Morgan fingerprint density at radius 2 is 1.74 bits per heavy atom. The molecule has 0 amide bonds. The van der Waals surface area contributed by atoms with Crippen LogP contribution >= 0.6 is 15.9 Å². The molecular formula is C14H13BrFN3. The Balaban J connectivity index is 2.42. The maximum atomic E-state index is 13.9. The van der Waals surface area contributed by atoms with Crippen molar-refractivity contribution < 1.29 is 4.39 Å². The molecular weight excluding hydrogens is 309 g/mol. The van der Waals surface area contributed by atoms with Crippen LogP contribution in [0, 0.1) is 19.7 Å². The van der Waals surface area contributed by atoms with E-state index in [9.17, 15) is 4.39 Å². The van der Waals surface area contributed by atoms with Gasteiger partial charge in [-0.05, 0) is 54.0 Å². The monoisotopic (exact) mass is 321 g/mol. The van der Waals surface area contributed by atoms with E-state index in [2.05, 4.69) is 20.9 Å². The number of imidazole rings is 1. The summed E-state index contributed by atoms with van der Waals surface area (Å²) < 4.78 is 18.7. The lowest BCUT2D eigenvalue weighted by atomic mass is 10.3. The minimum atomic E-state index is -0.303. The second-order valence-electron chi connectivity index (χ2n) is 4.65. The van der Waals surface area contributed by atoms with E-state index >= 15 is 0 Å². The topological polar surface area (TPSA) is 22.8 Å². The zero-order valence-corrected chi connectivity index (χ0v) is 12.5. The van der Waals surface area contributed by atoms with Gasteiger partial charge >= 0.3 is 0 Å². The molecule has 3 rings (SSSR count). The van der Waals surface area contributed by atoms with Crippen LogP contribution in [0.25, 0.3) is 17.0 Å². The van der Waals surface area contributed by atoms with Crippen molar-refractivity contribution in [1.29, 1.82) is 0 Å². The maximum Gasteiger partial charge on any atom is 0.215 e. The van der Waals surface area contributed by atoms with Crippen LogP contribution in [-0.4, -0.2) is 14.1 Å². The van der Waals surface area contributed by atoms with Crippen LogP contribution in [0.3, 0.4) is 0 Å². The summed E-state index contributed by atoms with van der Waals surface area (Å²) in [6, 6.07) is 7.19. The summed E-state index contributed by atoms with van der Waals surface area (Å²) in [5.41, 5.74) is 3.31. The maximum absolute atomic E-state index is 13.9. The fourth-order valence-electron chi connectivity index (χ4n) is 2.41. The number of nitrogens with zero attached hydrogens (tertiary/aromatic N) is 3. The van der Waals surface area contributed by atoms with Crippen molar-refractivity contribution in [3.05, 3.63) is 45.9 Å². The molecule has 0 aliphatic carbocycles. The summed E-state index contributed by atoms with van der Waals surface area (Å²) in [7, 11) is 1.90. The Morgan fingerprint density at radius 3 is 2.32 bits per heavy atom. The highest BCUT2D eigenvalue weighted by Gasteiger charge is 2.17. The van der Waals surface area contributed by atoms with Gasteiger partial charge in [0.15, 0.2) is 5.82 Å². The molecule has 0 aliphatic heterocycles. The first-order valence-electron chi connectivity index (χ1n) is 5.96. The van der Waals surface area contributed by atoms with Crippen molar-refractivity contribution >= 4 is 27.0 Å². The Labute approximate surface area is 118 Å². The number of fused-ring (bicyclic) bond motifs is 1. The van der Waals surface area contributed by atoms with Crippen LogP contribution in [-0.2, 0) is 7.05 Å². The van der Waals surface area contributed by atoms with Crippen molar-refractivity contribution in [3.63, 3.8) is 0 Å². The van der Waals surface area contributed by atoms with Gasteiger partial charge in [-0.15, -0.1) is 0 Å². The second-order valence-corrected chi connectivity index (χ2v) is 5.50. The summed E-state index contributed by atoms with van der Waals surface area (Å²) >= 11 is 3.46. The number of halogens is 2. The zero-order valence-electron chi connectivity index (χ0n) is 10.9. The minimum absolute atomic E-state index is 0.303. The first kappa shape index (κ1) is 12.4. The van der Waals surface area contributed by atoms with Crippen LogP contribution in [0.5, 0.6) is 0 Å². The van der Waals surface area contributed by atoms with Crippen LogP contribution in [0.15, 0.2) is 28.7 Å². The molecule has 3 aromatic rings. The molecule has 0 aliphatic rings. The van der Waals surface area contributed by atoms with E-state index in [0.717, 1.165) is 27.3 Å². The highest BCUT2D eigenvalue weighted by Crippen LogP contribution is 2.28. The van der Waals surface area contributed by atoms with Gasteiger partial charge in [-0.3, -0.25) is 4.57 Å². The molecule has 2 heterocycles. The molecule has 0 fully saturated rings. The van der Waals surface area contributed by atoms with E-state index in [1.54, 1.807) is 6.07 Å². The van der Waals surface area contributed by atoms with Gasteiger partial charge in [0.1, 0.15) is 5.52 Å². The normalized spacial score (nSPS) is 11.4. The van der Waals surface area contributed by atoms with Gasteiger partial charge in [0.25, 0.3) is 0 Å². The van der Waals surface area contributed by atoms with Gasteiger partial charge in [0, 0.05) is 22.9 Å². The summed E-state index contributed by atoms with van der Waals surface area (Å²) in [5, 5.41) is 0. The van der Waals surface area contributed by atoms with Gasteiger partial charge in [0.2, 0.25) is 5.95 Å². The summed E-state index contributed by atoms with van der Waals surface area (Å²) in [4.78, 5) is 4.46. The number of benzene rings is 1. The first-order valence-corrected chi connectivity index (χ1v) is 6.75. The molecule has 0 saturated heterocycles. The van der Waals surface area contributed by atoms with Gasteiger partial charge in [-0.1, -0.05) is 0 Å². The van der Waals surface area contributed by atoms with Crippen molar-refractivity contribution in [2.75, 3.05) is 0 Å². The number of aromatic nitrogens is 3. The second kappa shape index (κ2) is 4.20. The molecule has 5 heteroatoms. The summed E-state index contributed by atoms with van der Waals surface area (Å²) in [6.07, 6.45) is 0. The fraction of sp³-hybridized carbons (Fsp3) is 0.214. The molecule has 98 valence electrons. The summed E-state index contributed by atoms with van der Waals surface area (Å²) in [6.45, 7) is 4.02. The Morgan fingerprint density at radius 1 is 1.11 bits per heavy atom.